The number of rotatable bonds is 8. The highest BCUT2D eigenvalue weighted by atomic mass is 32.2. The Bertz CT molecular complexity index is 364. The van der Waals surface area contributed by atoms with Gasteiger partial charge in [-0.05, 0) is 19.8 Å². The van der Waals surface area contributed by atoms with Gasteiger partial charge in [-0.2, -0.15) is 0 Å². The van der Waals surface area contributed by atoms with Crippen LogP contribution in [0.4, 0.5) is 0 Å². The van der Waals surface area contributed by atoms with E-state index < -0.39 is 0 Å². The topological polar surface area (TPSA) is 47.3 Å². The van der Waals surface area contributed by atoms with Crippen molar-refractivity contribution >= 4 is 11.8 Å². The first-order valence-corrected chi connectivity index (χ1v) is 7.40. The van der Waals surface area contributed by atoms with E-state index in [0.29, 0.717) is 19.1 Å². The molecule has 0 spiro atoms. The lowest BCUT2D eigenvalue weighted by atomic mass is 10.2. The summed E-state index contributed by atoms with van der Waals surface area (Å²) in [7, 11) is 0. The fourth-order valence-electron chi connectivity index (χ4n) is 1.67. The molecule has 0 atom stereocenters. The quantitative estimate of drug-likeness (QED) is 0.582. The van der Waals surface area contributed by atoms with E-state index in [1.165, 1.54) is 5.69 Å². The Morgan fingerprint density at radius 1 is 1.33 bits per heavy atom. The Hall–Kier alpha value is -0.520. The number of aryl methyl sites for hydroxylation is 1. The highest BCUT2D eigenvalue weighted by Crippen LogP contribution is 2.22. The number of aliphatic hydroxyl groups excluding tert-OH is 1. The highest BCUT2D eigenvalue weighted by Gasteiger charge is 2.12. The first-order valence-electron chi connectivity index (χ1n) is 6.41. The van der Waals surface area contributed by atoms with Gasteiger partial charge in [0.05, 0.1) is 25.5 Å². The van der Waals surface area contributed by atoms with Crippen LogP contribution in [0, 0.1) is 19.8 Å². The maximum absolute atomic E-state index is 8.62. The Morgan fingerprint density at radius 3 is 2.67 bits per heavy atom. The minimum atomic E-state index is 0.0882. The standard InChI is InChI=1S/C13H24N2O2S/c1-10(2)9-15-12(4)11(3)14-13(15)18-8-7-17-6-5-16/h10,16H,5-9H2,1-4H3. The average Bonchev–Trinajstić information content (AvgIpc) is 2.56. The molecule has 0 bridgehead atoms. The summed E-state index contributed by atoms with van der Waals surface area (Å²) in [4.78, 5) is 4.60. The molecule has 1 aromatic heterocycles. The molecule has 4 nitrogen and oxygen atoms in total. The zero-order valence-electron chi connectivity index (χ0n) is 11.8. The molecule has 1 rings (SSSR count). The van der Waals surface area contributed by atoms with Gasteiger partial charge in [0, 0.05) is 18.0 Å². The van der Waals surface area contributed by atoms with Crippen molar-refractivity contribution in [2.75, 3.05) is 25.6 Å². The summed E-state index contributed by atoms with van der Waals surface area (Å²) < 4.78 is 7.54. The summed E-state index contributed by atoms with van der Waals surface area (Å²) >= 11 is 1.72. The second-order valence-electron chi connectivity index (χ2n) is 4.75. The van der Waals surface area contributed by atoms with Gasteiger partial charge in [-0.1, -0.05) is 25.6 Å². The lowest BCUT2D eigenvalue weighted by molar-refractivity contribution is 0.103. The first kappa shape index (κ1) is 15.5. The van der Waals surface area contributed by atoms with Gasteiger partial charge in [0.1, 0.15) is 0 Å². The Balaban J connectivity index is 2.55. The predicted molar refractivity (Wildman–Crippen MR) is 75.2 cm³/mol. The highest BCUT2D eigenvalue weighted by molar-refractivity contribution is 7.99. The number of thioether (sulfide) groups is 1. The fraction of sp³-hybridized carbons (Fsp3) is 0.769. The SMILES string of the molecule is Cc1nc(SCCOCCO)n(CC(C)C)c1C. The van der Waals surface area contributed by atoms with Crippen molar-refractivity contribution < 1.29 is 9.84 Å². The Morgan fingerprint density at radius 2 is 2.06 bits per heavy atom. The monoisotopic (exact) mass is 272 g/mol. The second kappa shape index (κ2) is 7.81. The molecular formula is C13H24N2O2S. The van der Waals surface area contributed by atoms with Gasteiger partial charge >= 0.3 is 0 Å². The summed E-state index contributed by atoms with van der Waals surface area (Å²) in [5.74, 6) is 1.48. The average molecular weight is 272 g/mol. The number of imidazole rings is 1. The molecule has 18 heavy (non-hydrogen) atoms. The smallest absolute Gasteiger partial charge is 0.168 e. The molecule has 0 saturated carbocycles. The van der Waals surface area contributed by atoms with E-state index in [0.717, 1.165) is 23.1 Å². The van der Waals surface area contributed by atoms with Crippen LogP contribution >= 0.6 is 11.8 Å². The van der Waals surface area contributed by atoms with Crippen molar-refractivity contribution in [2.24, 2.45) is 5.92 Å². The lowest BCUT2D eigenvalue weighted by Gasteiger charge is -2.12. The van der Waals surface area contributed by atoms with Crippen LogP contribution in [0.1, 0.15) is 25.2 Å². The molecule has 0 fully saturated rings. The number of ether oxygens (including phenoxy) is 1. The maximum Gasteiger partial charge on any atom is 0.168 e. The van der Waals surface area contributed by atoms with Crippen LogP contribution < -0.4 is 0 Å². The van der Waals surface area contributed by atoms with Crippen LogP contribution in [0.15, 0.2) is 5.16 Å². The number of aromatic nitrogens is 2. The molecule has 5 heteroatoms. The maximum atomic E-state index is 8.62. The van der Waals surface area contributed by atoms with Crippen LogP contribution in [-0.4, -0.2) is 40.2 Å². The molecule has 0 aliphatic heterocycles. The Labute approximate surface area is 114 Å². The van der Waals surface area contributed by atoms with Crippen LogP contribution in [0.5, 0.6) is 0 Å². The summed E-state index contributed by atoms with van der Waals surface area (Å²) in [6, 6.07) is 0. The molecule has 1 heterocycles. The van der Waals surface area contributed by atoms with Crippen molar-refractivity contribution in [3.05, 3.63) is 11.4 Å². The molecule has 0 aliphatic rings. The van der Waals surface area contributed by atoms with Crippen molar-refractivity contribution in [2.45, 2.75) is 39.4 Å². The van der Waals surface area contributed by atoms with Gasteiger partial charge in [0.25, 0.3) is 0 Å². The third-order valence-electron chi connectivity index (χ3n) is 2.66. The van der Waals surface area contributed by atoms with Crippen molar-refractivity contribution in [3.8, 4) is 0 Å². The predicted octanol–water partition coefficient (Wildman–Crippen LogP) is 2.26. The summed E-state index contributed by atoms with van der Waals surface area (Å²) in [6.45, 7) is 10.8. The third kappa shape index (κ3) is 4.63. The summed E-state index contributed by atoms with van der Waals surface area (Å²) in [5.41, 5.74) is 2.36. The van der Waals surface area contributed by atoms with Crippen LogP contribution in [0.3, 0.4) is 0 Å². The molecule has 0 radical (unpaired) electrons. The van der Waals surface area contributed by atoms with Gasteiger partial charge in [-0.3, -0.25) is 0 Å². The molecule has 0 saturated heterocycles. The zero-order chi connectivity index (χ0) is 13.5. The number of hydrogen-bond donors (Lipinski definition) is 1. The number of nitrogens with zero attached hydrogens (tertiary/aromatic N) is 2. The molecule has 1 aromatic rings. The Kier molecular flexibility index (Phi) is 6.75. The van der Waals surface area contributed by atoms with Crippen molar-refractivity contribution in [1.29, 1.82) is 0 Å². The first-order chi connectivity index (χ1) is 8.56. The van der Waals surface area contributed by atoms with Crippen molar-refractivity contribution in [1.82, 2.24) is 9.55 Å². The molecule has 0 aliphatic carbocycles. The van der Waals surface area contributed by atoms with Crippen molar-refractivity contribution in [3.63, 3.8) is 0 Å². The van der Waals surface area contributed by atoms with Crippen LogP contribution in [-0.2, 0) is 11.3 Å². The molecule has 0 amide bonds. The molecule has 0 aromatic carbocycles. The zero-order valence-corrected chi connectivity index (χ0v) is 12.6. The van der Waals surface area contributed by atoms with Crippen LogP contribution in [0.2, 0.25) is 0 Å². The molecule has 1 N–H and O–H groups in total. The minimum Gasteiger partial charge on any atom is -0.394 e. The van der Waals surface area contributed by atoms with E-state index in [1.807, 2.05) is 0 Å². The van der Waals surface area contributed by atoms with Gasteiger partial charge in [0.15, 0.2) is 5.16 Å². The van der Waals surface area contributed by atoms with Gasteiger partial charge < -0.3 is 14.4 Å². The van der Waals surface area contributed by atoms with E-state index >= 15 is 0 Å². The van der Waals surface area contributed by atoms with E-state index in [1.54, 1.807) is 11.8 Å². The second-order valence-corrected chi connectivity index (χ2v) is 5.82. The van der Waals surface area contributed by atoms with Crippen LogP contribution in [0.25, 0.3) is 0 Å². The van der Waals surface area contributed by atoms with Gasteiger partial charge in [-0.15, -0.1) is 0 Å². The van der Waals surface area contributed by atoms with Gasteiger partial charge in [0.2, 0.25) is 0 Å². The van der Waals surface area contributed by atoms with E-state index in [9.17, 15) is 0 Å². The van der Waals surface area contributed by atoms with E-state index in [2.05, 4.69) is 37.2 Å². The normalized spacial score (nSPS) is 11.4. The third-order valence-corrected chi connectivity index (χ3v) is 3.61. The van der Waals surface area contributed by atoms with Gasteiger partial charge in [-0.25, -0.2) is 4.98 Å². The minimum absolute atomic E-state index is 0.0882. The number of aliphatic hydroxyl groups is 1. The summed E-state index contributed by atoms with van der Waals surface area (Å²) in [6.07, 6.45) is 0. The number of hydrogen-bond acceptors (Lipinski definition) is 4. The molecular weight excluding hydrogens is 248 g/mol. The van der Waals surface area contributed by atoms with E-state index in [-0.39, 0.29) is 6.61 Å². The molecule has 0 unspecified atom stereocenters. The van der Waals surface area contributed by atoms with E-state index in [4.69, 9.17) is 9.84 Å². The fourth-order valence-corrected chi connectivity index (χ4v) is 2.62. The largest absolute Gasteiger partial charge is 0.394 e. The molecule has 104 valence electrons. The summed E-state index contributed by atoms with van der Waals surface area (Å²) in [5, 5.41) is 9.69. The lowest BCUT2D eigenvalue weighted by Crippen LogP contribution is -2.08.